The second-order valence-corrected chi connectivity index (χ2v) is 2.68. The minimum atomic E-state index is 0.555. The molecule has 11 heavy (non-hydrogen) atoms. The quantitative estimate of drug-likeness (QED) is 0.650. The van der Waals surface area contributed by atoms with E-state index < -0.39 is 0 Å². The van der Waals surface area contributed by atoms with Crippen LogP contribution in [0.2, 0.25) is 0 Å². The molecule has 0 spiro atoms. The third-order valence-corrected chi connectivity index (χ3v) is 1.73. The van der Waals surface area contributed by atoms with Crippen molar-refractivity contribution in [3.63, 3.8) is 0 Å². The van der Waals surface area contributed by atoms with E-state index in [1.165, 1.54) is 12.8 Å². The lowest BCUT2D eigenvalue weighted by atomic mass is 10.7. The van der Waals surface area contributed by atoms with Gasteiger partial charge in [-0.05, 0) is 19.8 Å². The monoisotopic (exact) mass is 153 g/mol. The molecule has 4 nitrogen and oxygen atoms in total. The Labute approximate surface area is 65.2 Å². The van der Waals surface area contributed by atoms with Crippen LogP contribution in [0.3, 0.4) is 0 Å². The molecule has 2 rings (SSSR count). The highest BCUT2D eigenvalue weighted by Gasteiger charge is 2.27. The zero-order valence-corrected chi connectivity index (χ0v) is 6.53. The van der Waals surface area contributed by atoms with E-state index in [-0.39, 0.29) is 0 Å². The summed E-state index contributed by atoms with van der Waals surface area (Å²) in [4.78, 5) is 0. The highest BCUT2D eigenvalue weighted by atomic mass is 16.5. The standard InChI is InChI=1S/C7H11N3O/c1-2-11-7-5-8-9-10(7)6-3-4-6/h5-6H,2-4H2,1H3. The zero-order chi connectivity index (χ0) is 7.68. The van der Waals surface area contributed by atoms with Crippen molar-refractivity contribution < 1.29 is 4.74 Å². The van der Waals surface area contributed by atoms with Gasteiger partial charge in [0.15, 0.2) is 0 Å². The van der Waals surface area contributed by atoms with Gasteiger partial charge in [-0.1, -0.05) is 5.21 Å². The molecule has 0 amide bonds. The van der Waals surface area contributed by atoms with Gasteiger partial charge in [-0.15, -0.1) is 5.10 Å². The number of hydrogen-bond donors (Lipinski definition) is 0. The van der Waals surface area contributed by atoms with Crippen molar-refractivity contribution in [1.29, 1.82) is 0 Å². The molecule has 0 bridgehead atoms. The molecule has 1 aromatic heterocycles. The lowest BCUT2D eigenvalue weighted by Crippen LogP contribution is -2.02. The first-order valence-corrected chi connectivity index (χ1v) is 3.95. The van der Waals surface area contributed by atoms with Crippen LogP contribution < -0.4 is 4.74 Å². The Morgan fingerprint density at radius 2 is 2.55 bits per heavy atom. The predicted molar refractivity (Wildman–Crippen MR) is 39.5 cm³/mol. The van der Waals surface area contributed by atoms with E-state index in [0.717, 1.165) is 5.88 Å². The molecule has 1 heterocycles. The smallest absolute Gasteiger partial charge is 0.232 e. The van der Waals surface area contributed by atoms with Gasteiger partial charge in [-0.2, -0.15) is 0 Å². The summed E-state index contributed by atoms with van der Waals surface area (Å²) in [7, 11) is 0. The Balaban J connectivity index is 2.16. The fourth-order valence-corrected chi connectivity index (χ4v) is 1.06. The molecule has 0 unspecified atom stereocenters. The van der Waals surface area contributed by atoms with Crippen molar-refractivity contribution in [3.8, 4) is 5.88 Å². The van der Waals surface area contributed by atoms with Crippen LogP contribution in [0.5, 0.6) is 5.88 Å². The topological polar surface area (TPSA) is 39.9 Å². The van der Waals surface area contributed by atoms with Crippen LogP contribution in [0.4, 0.5) is 0 Å². The minimum absolute atomic E-state index is 0.555. The van der Waals surface area contributed by atoms with Gasteiger partial charge < -0.3 is 4.74 Å². The Morgan fingerprint density at radius 3 is 3.18 bits per heavy atom. The normalized spacial score (nSPS) is 16.8. The zero-order valence-electron chi connectivity index (χ0n) is 6.53. The van der Waals surface area contributed by atoms with Crippen LogP contribution >= 0.6 is 0 Å². The van der Waals surface area contributed by atoms with Gasteiger partial charge in [0.05, 0.1) is 12.6 Å². The largest absolute Gasteiger partial charge is 0.477 e. The third kappa shape index (κ3) is 1.20. The first-order valence-electron chi connectivity index (χ1n) is 3.95. The highest BCUT2D eigenvalue weighted by Crippen LogP contribution is 2.36. The molecule has 0 radical (unpaired) electrons. The Kier molecular flexibility index (Phi) is 1.52. The SMILES string of the molecule is CCOc1cnnn1C1CC1. The molecule has 1 aliphatic carbocycles. The molecular weight excluding hydrogens is 142 g/mol. The van der Waals surface area contributed by atoms with E-state index >= 15 is 0 Å². The third-order valence-electron chi connectivity index (χ3n) is 1.73. The predicted octanol–water partition coefficient (Wildman–Crippen LogP) is 1.01. The summed E-state index contributed by atoms with van der Waals surface area (Å²) in [5.74, 6) is 0.801. The molecule has 0 aromatic carbocycles. The Morgan fingerprint density at radius 1 is 1.73 bits per heavy atom. The summed E-state index contributed by atoms with van der Waals surface area (Å²) >= 11 is 0. The molecule has 60 valence electrons. The van der Waals surface area contributed by atoms with E-state index in [1.807, 2.05) is 11.6 Å². The van der Waals surface area contributed by atoms with E-state index in [4.69, 9.17) is 4.74 Å². The molecule has 0 saturated heterocycles. The van der Waals surface area contributed by atoms with Gasteiger partial charge in [-0.25, -0.2) is 4.68 Å². The maximum absolute atomic E-state index is 5.32. The van der Waals surface area contributed by atoms with Gasteiger partial charge in [0.2, 0.25) is 5.88 Å². The average Bonchev–Trinajstić information content (AvgIpc) is 2.75. The minimum Gasteiger partial charge on any atom is -0.477 e. The van der Waals surface area contributed by atoms with Crippen LogP contribution in [0.15, 0.2) is 6.20 Å². The highest BCUT2D eigenvalue weighted by molar-refractivity contribution is 5.05. The summed E-state index contributed by atoms with van der Waals surface area (Å²) in [5, 5.41) is 7.73. The number of aromatic nitrogens is 3. The van der Waals surface area contributed by atoms with Gasteiger partial charge in [0, 0.05) is 0 Å². The van der Waals surface area contributed by atoms with Crippen LogP contribution in [-0.2, 0) is 0 Å². The Bertz CT molecular complexity index is 242. The van der Waals surface area contributed by atoms with Crippen molar-refractivity contribution in [1.82, 2.24) is 15.0 Å². The number of rotatable bonds is 3. The maximum atomic E-state index is 5.32. The number of hydrogen-bond acceptors (Lipinski definition) is 3. The summed E-state index contributed by atoms with van der Waals surface area (Å²) in [6, 6.07) is 0.555. The second kappa shape index (κ2) is 2.53. The average molecular weight is 153 g/mol. The van der Waals surface area contributed by atoms with Gasteiger partial charge >= 0.3 is 0 Å². The Hall–Kier alpha value is -1.06. The molecule has 0 atom stereocenters. The summed E-state index contributed by atoms with van der Waals surface area (Å²) in [5.41, 5.74) is 0. The molecule has 0 aliphatic heterocycles. The fraction of sp³-hybridized carbons (Fsp3) is 0.714. The van der Waals surface area contributed by atoms with Crippen molar-refractivity contribution in [2.45, 2.75) is 25.8 Å². The molecule has 0 N–H and O–H groups in total. The first-order chi connectivity index (χ1) is 5.42. The molecule has 1 aromatic rings. The van der Waals surface area contributed by atoms with E-state index in [2.05, 4.69) is 10.3 Å². The number of ether oxygens (including phenoxy) is 1. The van der Waals surface area contributed by atoms with Crippen LogP contribution in [-0.4, -0.2) is 21.6 Å². The lowest BCUT2D eigenvalue weighted by Gasteiger charge is -2.02. The van der Waals surface area contributed by atoms with Crippen molar-refractivity contribution in [2.24, 2.45) is 0 Å². The van der Waals surface area contributed by atoms with Crippen molar-refractivity contribution in [3.05, 3.63) is 6.20 Å². The second-order valence-electron chi connectivity index (χ2n) is 2.68. The van der Waals surface area contributed by atoms with Gasteiger partial charge in [0.25, 0.3) is 0 Å². The van der Waals surface area contributed by atoms with Crippen molar-refractivity contribution in [2.75, 3.05) is 6.61 Å². The molecule has 1 aliphatic rings. The van der Waals surface area contributed by atoms with Gasteiger partial charge in [-0.3, -0.25) is 0 Å². The van der Waals surface area contributed by atoms with Crippen LogP contribution in [0.1, 0.15) is 25.8 Å². The van der Waals surface area contributed by atoms with Crippen molar-refractivity contribution >= 4 is 0 Å². The molecule has 1 fully saturated rings. The number of nitrogens with zero attached hydrogens (tertiary/aromatic N) is 3. The van der Waals surface area contributed by atoms with E-state index in [1.54, 1.807) is 6.20 Å². The van der Waals surface area contributed by atoms with E-state index in [0.29, 0.717) is 12.6 Å². The molecule has 4 heteroatoms. The molecular formula is C7H11N3O. The van der Waals surface area contributed by atoms with E-state index in [9.17, 15) is 0 Å². The van der Waals surface area contributed by atoms with Crippen LogP contribution in [0.25, 0.3) is 0 Å². The lowest BCUT2D eigenvalue weighted by molar-refractivity contribution is 0.301. The summed E-state index contributed by atoms with van der Waals surface area (Å²) < 4.78 is 7.18. The maximum Gasteiger partial charge on any atom is 0.232 e. The summed E-state index contributed by atoms with van der Waals surface area (Å²) in [6.45, 7) is 2.64. The van der Waals surface area contributed by atoms with Crippen LogP contribution in [0, 0.1) is 0 Å². The van der Waals surface area contributed by atoms with Gasteiger partial charge in [0.1, 0.15) is 6.20 Å². The summed E-state index contributed by atoms with van der Waals surface area (Å²) in [6.07, 6.45) is 4.09. The molecule has 1 saturated carbocycles. The fourth-order valence-electron chi connectivity index (χ4n) is 1.06. The first kappa shape index (κ1) is 6.64.